The molecule has 0 radical (unpaired) electrons. The maximum atomic E-state index is 13.9. The molecule has 0 spiro atoms. The highest BCUT2D eigenvalue weighted by molar-refractivity contribution is 9.10. The summed E-state index contributed by atoms with van der Waals surface area (Å²) in [7, 11) is 0. The number of halogens is 1. The predicted octanol–water partition coefficient (Wildman–Crippen LogP) is 7.03. The lowest BCUT2D eigenvalue weighted by Gasteiger charge is -2.38. The Bertz CT molecular complexity index is 1260. The number of fused-ring (bicyclic) bond motifs is 1. The van der Waals surface area contributed by atoms with Crippen LogP contribution >= 0.6 is 15.9 Å². The highest BCUT2D eigenvalue weighted by Crippen LogP contribution is 2.41. The van der Waals surface area contributed by atoms with E-state index < -0.39 is 0 Å². The van der Waals surface area contributed by atoms with Crippen molar-refractivity contribution in [2.45, 2.75) is 46.6 Å². The fourth-order valence-corrected chi connectivity index (χ4v) is 5.40. The second kappa shape index (κ2) is 13.1. The number of rotatable bonds is 11. The Morgan fingerprint density at radius 1 is 0.816 bits per heavy atom. The Labute approximate surface area is 234 Å². The third-order valence-corrected chi connectivity index (χ3v) is 7.26. The average molecular weight is 583 g/mol. The van der Waals surface area contributed by atoms with Gasteiger partial charge in [-0.05, 0) is 110 Å². The molecule has 0 aromatic heterocycles. The van der Waals surface area contributed by atoms with Crippen molar-refractivity contribution in [1.29, 1.82) is 0 Å². The first-order valence-electron chi connectivity index (χ1n) is 13.4. The quantitative estimate of drug-likeness (QED) is 0.243. The Hall–Kier alpha value is -3.19. The summed E-state index contributed by atoms with van der Waals surface area (Å²) in [5.41, 5.74) is 3.97. The van der Waals surface area contributed by atoms with Crippen LogP contribution in [0.15, 0.2) is 59.1 Å². The predicted molar refractivity (Wildman–Crippen MR) is 153 cm³/mol. The van der Waals surface area contributed by atoms with E-state index >= 15 is 0 Å². The Morgan fingerprint density at radius 3 is 2.08 bits per heavy atom. The van der Waals surface area contributed by atoms with E-state index in [9.17, 15) is 4.79 Å². The average Bonchev–Trinajstić information content (AvgIpc) is 2.91. The van der Waals surface area contributed by atoms with Crippen molar-refractivity contribution >= 4 is 21.8 Å². The van der Waals surface area contributed by atoms with Gasteiger partial charge >= 0.3 is 0 Å². The molecule has 0 unspecified atom stereocenters. The second-order valence-electron chi connectivity index (χ2n) is 8.96. The van der Waals surface area contributed by atoms with E-state index in [2.05, 4.69) is 34.1 Å². The molecule has 1 heterocycles. The summed E-state index contributed by atoms with van der Waals surface area (Å²) in [6.45, 7) is 10.6. The molecule has 202 valence electrons. The van der Waals surface area contributed by atoms with E-state index in [1.165, 1.54) is 5.56 Å². The molecular formula is C31H36BrNO5. The third-order valence-electron chi connectivity index (χ3n) is 6.56. The smallest absolute Gasteiger partial charge is 0.255 e. The van der Waals surface area contributed by atoms with Gasteiger partial charge in [-0.15, -0.1) is 0 Å². The largest absolute Gasteiger partial charge is 0.490 e. The maximum absolute atomic E-state index is 13.9. The monoisotopic (exact) mass is 581 g/mol. The molecule has 1 aliphatic heterocycles. The van der Waals surface area contributed by atoms with Gasteiger partial charge in [-0.2, -0.15) is 0 Å². The number of ether oxygens (including phenoxy) is 4. The van der Waals surface area contributed by atoms with Gasteiger partial charge < -0.3 is 23.8 Å². The summed E-state index contributed by atoms with van der Waals surface area (Å²) in [6.07, 6.45) is 1.36. The number of carbonyl (C=O) groups is 1. The molecule has 3 aromatic carbocycles. The molecule has 6 nitrogen and oxygen atoms in total. The molecule has 3 aromatic rings. The molecular weight excluding hydrogens is 546 g/mol. The number of carbonyl (C=O) groups excluding carboxylic acids is 1. The van der Waals surface area contributed by atoms with Crippen LogP contribution in [0.25, 0.3) is 0 Å². The molecule has 0 N–H and O–H groups in total. The molecule has 4 rings (SSSR count). The van der Waals surface area contributed by atoms with Crippen LogP contribution in [0.1, 0.15) is 60.8 Å². The van der Waals surface area contributed by atoms with Gasteiger partial charge in [0.05, 0.1) is 38.0 Å². The van der Waals surface area contributed by atoms with E-state index in [1.54, 1.807) is 0 Å². The minimum atomic E-state index is -0.194. The topological polar surface area (TPSA) is 57.2 Å². The molecule has 1 atom stereocenters. The van der Waals surface area contributed by atoms with Gasteiger partial charge in [0.1, 0.15) is 0 Å². The zero-order valence-corrected chi connectivity index (χ0v) is 24.2. The van der Waals surface area contributed by atoms with Crippen molar-refractivity contribution < 1.29 is 23.7 Å². The van der Waals surface area contributed by atoms with Crippen LogP contribution in [0, 0.1) is 0 Å². The van der Waals surface area contributed by atoms with Crippen molar-refractivity contribution in [2.75, 3.05) is 33.0 Å². The molecule has 1 aliphatic rings. The number of amides is 1. The summed E-state index contributed by atoms with van der Waals surface area (Å²) in [5, 5.41) is 0. The molecule has 0 bridgehead atoms. The van der Waals surface area contributed by atoms with Crippen LogP contribution in [0.5, 0.6) is 23.0 Å². The van der Waals surface area contributed by atoms with Crippen LogP contribution in [-0.2, 0) is 12.8 Å². The number of hydrogen-bond donors (Lipinski definition) is 0. The van der Waals surface area contributed by atoms with E-state index in [0.29, 0.717) is 56.5 Å². The van der Waals surface area contributed by atoms with Gasteiger partial charge in [0, 0.05) is 11.0 Å². The van der Waals surface area contributed by atoms with Gasteiger partial charge in [0.2, 0.25) is 0 Å². The van der Waals surface area contributed by atoms with Crippen LogP contribution in [-0.4, -0.2) is 43.8 Å². The van der Waals surface area contributed by atoms with Crippen LogP contribution in [0.3, 0.4) is 0 Å². The lowest BCUT2D eigenvalue weighted by molar-refractivity contribution is 0.0658. The van der Waals surface area contributed by atoms with Crippen molar-refractivity contribution in [1.82, 2.24) is 4.90 Å². The summed E-state index contributed by atoms with van der Waals surface area (Å²) in [4.78, 5) is 15.9. The highest BCUT2D eigenvalue weighted by Gasteiger charge is 2.33. The summed E-state index contributed by atoms with van der Waals surface area (Å²) >= 11 is 3.58. The van der Waals surface area contributed by atoms with Crippen molar-refractivity contribution in [2.24, 2.45) is 0 Å². The summed E-state index contributed by atoms with van der Waals surface area (Å²) < 4.78 is 24.3. The fourth-order valence-electron chi connectivity index (χ4n) is 4.94. The van der Waals surface area contributed by atoms with Crippen molar-refractivity contribution in [3.63, 3.8) is 0 Å². The van der Waals surface area contributed by atoms with Gasteiger partial charge in [0.25, 0.3) is 5.91 Å². The number of hydrogen-bond acceptors (Lipinski definition) is 5. The zero-order valence-electron chi connectivity index (χ0n) is 22.6. The van der Waals surface area contributed by atoms with Crippen LogP contribution in [0.2, 0.25) is 0 Å². The molecule has 0 aliphatic carbocycles. The summed E-state index contributed by atoms with van der Waals surface area (Å²) in [6, 6.07) is 17.6. The standard InChI is InChI=1S/C31H36BrNO5/c1-5-35-27-14-13-21(18-28(27)36-6-2)17-26-24-20-30(38-8-4)29(37-7-3)19-22(24)15-16-33(26)31(34)23-11-9-10-12-25(23)32/h9-14,18-20,26H,5-8,15-17H2,1-4H3/t26-/m1/s1. The van der Waals surface area contributed by atoms with Gasteiger partial charge in [-0.1, -0.05) is 18.2 Å². The van der Waals surface area contributed by atoms with Crippen LogP contribution < -0.4 is 18.9 Å². The van der Waals surface area contributed by atoms with E-state index in [4.69, 9.17) is 18.9 Å². The molecule has 7 heteroatoms. The minimum Gasteiger partial charge on any atom is -0.490 e. The first-order valence-corrected chi connectivity index (χ1v) is 14.2. The Kier molecular flexibility index (Phi) is 9.56. The molecule has 38 heavy (non-hydrogen) atoms. The molecule has 1 amide bonds. The fraction of sp³-hybridized carbons (Fsp3) is 0.387. The van der Waals surface area contributed by atoms with Gasteiger partial charge in [0.15, 0.2) is 23.0 Å². The first kappa shape index (κ1) is 27.8. The SMILES string of the molecule is CCOc1ccc(C[C@@H]2c3cc(OCC)c(OCC)cc3CCN2C(=O)c2ccccc2Br)cc1OCC. The first-order chi connectivity index (χ1) is 18.5. The lowest BCUT2D eigenvalue weighted by Crippen LogP contribution is -2.41. The Balaban J connectivity index is 1.79. The lowest BCUT2D eigenvalue weighted by atomic mass is 9.87. The van der Waals surface area contributed by atoms with Crippen LogP contribution in [0.4, 0.5) is 0 Å². The van der Waals surface area contributed by atoms with E-state index in [-0.39, 0.29) is 11.9 Å². The normalized spacial score (nSPS) is 14.6. The zero-order chi connectivity index (χ0) is 27.1. The minimum absolute atomic E-state index is 0.00376. The second-order valence-corrected chi connectivity index (χ2v) is 9.81. The third kappa shape index (κ3) is 6.09. The number of benzene rings is 3. The van der Waals surface area contributed by atoms with Crippen molar-refractivity contribution in [3.8, 4) is 23.0 Å². The maximum Gasteiger partial charge on any atom is 0.255 e. The van der Waals surface area contributed by atoms with E-state index in [1.807, 2.05) is 69.0 Å². The highest BCUT2D eigenvalue weighted by atomic mass is 79.9. The van der Waals surface area contributed by atoms with Gasteiger partial charge in [-0.25, -0.2) is 0 Å². The molecule has 0 fully saturated rings. The summed E-state index contributed by atoms with van der Waals surface area (Å²) in [5.74, 6) is 2.89. The molecule has 0 saturated heterocycles. The molecule has 0 saturated carbocycles. The van der Waals surface area contributed by atoms with Crippen molar-refractivity contribution in [3.05, 3.63) is 81.3 Å². The Morgan fingerprint density at radius 2 is 1.42 bits per heavy atom. The van der Waals surface area contributed by atoms with Gasteiger partial charge in [-0.3, -0.25) is 4.79 Å². The number of nitrogens with zero attached hydrogens (tertiary/aromatic N) is 1. The van der Waals surface area contributed by atoms with E-state index in [0.717, 1.165) is 33.5 Å².